The van der Waals surface area contributed by atoms with Crippen LogP contribution >= 0.6 is 0 Å². The average Bonchev–Trinajstić information content (AvgIpc) is 2.26. The molecule has 0 spiro atoms. The Morgan fingerprint density at radius 2 is 1.65 bits per heavy atom. The Morgan fingerprint density at radius 1 is 1.12 bits per heavy atom. The summed E-state index contributed by atoms with van der Waals surface area (Å²) in [5.74, 6) is 0. The lowest BCUT2D eigenvalue weighted by molar-refractivity contribution is 0.193. The van der Waals surface area contributed by atoms with Crippen molar-refractivity contribution in [2.45, 2.75) is 66.8 Å². The van der Waals surface area contributed by atoms with Crippen LogP contribution in [-0.2, 0) is 0 Å². The van der Waals surface area contributed by atoms with E-state index in [-0.39, 0.29) is 11.0 Å². The number of allylic oxidation sites excluding steroid dienone is 2. The Bertz CT molecular complexity index is 320. The molecule has 98 valence electrons. The van der Waals surface area contributed by atoms with E-state index in [4.69, 9.17) is 4.99 Å². The van der Waals surface area contributed by atoms with Gasteiger partial charge >= 0.3 is 0 Å². The molecule has 1 heteroatoms. The van der Waals surface area contributed by atoms with Crippen LogP contribution in [0.3, 0.4) is 0 Å². The maximum absolute atomic E-state index is 4.92. The molecule has 0 aromatic heterocycles. The minimum absolute atomic E-state index is 0.0375. The summed E-state index contributed by atoms with van der Waals surface area (Å²) >= 11 is 0. The third kappa shape index (κ3) is 3.31. The predicted molar refractivity (Wildman–Crippen MR) is 79.8 cm³/mol. The number of rotatable bonds is 6. The van der Waals surface area contributed by atoms with Gasteiger partial charge in [0, 0.05) is 11.1 Å². The SMILES string of the molecule is C=C/C=C(\C)C(C)(CC)C(C)(CC)N=C(C)C. The average molecular weight is 235 g/mol. The van der Waals surface area contributed by atoms with Crippen LogP contribution in [0.4, 0.5) is 0 Å². The summed E-state index contributed by atoms with van der Waals surface area (Å²) in [6.07, 6.45) is 6.13. The molecular formula is C16H29N. The Morgan fingerprint density at radius 3 is 1.94 bits per heavy atom. The lowest BCUT2D eigenvalue weighted by Gasteiger charge is -2.44. The first-order valence-electron chi connectivity index (χ1n) is 6.60. The zero-order valence-corrected chi connectivity index (χ0v) is 12.7. The van der Waals surface area contributed by atoms with E-state index in [1.807, 2.05) is 6.08 Å². The highest BCUT2D eigenvalue weighted by Crippen LogP contribution is 2.45. The molecule has 0 N–H and O–H groups in total. The second-order valence-corrected chi connectivity index (χ2v) is 5.46. The van der Waals surface area contributed by atoms with Gasteiger partial charge in [0.1, 0.15) is 0 Å². The van der Waals surface area contributed by atoms with Crippen molar-refractivity contribution in [2.24, 2.45) is 10.4 Å². The molecule has 0 heterocycles. The Hall–Kier alpha value is -0.850. The number of hydrogen-bond donors (Lipinski definition) is 0. The Kier molecular flexibility index (Phi) is 5.87. The highest BCUT2D eigenvalue weighted by molar-refractivity contribution is 5.79. The van der Waals surface area contributed by atoms with Crippen molar-refractivity contribution in [1.29, 1.82) is 0 Å². The fraction of sp³-hybridized carbons (Fsp3) is 0.688. The van der Waals surface area contributed by atoms with Crippen LogP contribution in [-0.4, -0.2) is 11.3 Å². The summed E-state index contributed by atoms with van der Waals surface area (Å²) in [5.41, 5.74) is 2.57. The van der Waals surface area contributed by atoms with E-state index >= 15 is 0 Å². The van der Waals surface area contributed by atoms with E-state index in [1.165, 1.54) is 5.57 Å². The zero-order valence-electron chi connectivity index (χ0n) is 12.7. The summed E-state index contributed by atoms with van der Waals surface area (Å²) < 4.78 is 0. The van der Waals surface area contributed by atoms with E-state index in [2.05, 4.69) is 61.1 Å². The lowest BCUT2D eigenvalue weighted by atomic mass is 9.64. The smallest absolute Gasteiger partial charge is 0.0666 e. The number of aliphatic imine (C=N–C) groups is 1. The van der Waals surface area contributed by atoms with Crippen LogP contribution in [0.15, 0.2) is 29.3 Å². The van der Waals surface area contributed by atoms with Gasteiger partial charge in [-0.25, -0.2) is 0 Å². The standard InChI is InChI=1S/C16H29N/c1-9-12-14(6)15(7,10-2)16(8,11-3)17-13(4)5/h9,12H,1,10-11H2,2-8H3/b14-12+. The second kappa shape index (κ2) is 6.18. The molecule has 0 rings (SSSR count). The monoisotopic (exact) mass is 235 g/mol. The number of nitrogens with zero attached hydrogens (tertiary/aromatic N) is 1. The van der Waals surface area contributed by atoms with Crippen molar-refractivity contribution in [2.75, 3.05) is 0 Å². The van der Waals surface area contributed by atoms with Crippen LogP contribution in [0, 0.1) is 5.41 Å². The summed E-state index contributed by atoms with van der Waals surface area (Å²) in [6.45, 7) is 19.2. The number of hydrogen-bond acceptors (Lipinski definition) is 1. The van der Waals surface area contributed by atoms with E-state index in [9.17, 15) is 0 Å². The Balaban J connectivity index is 5.68. The van der Waals surface area contributed by atoms with Crippen LogP contribution in [0.25, 0.3) is 0 Å². The van der Waals surface area contributed by atoms with Crippen molar-refractivity contribution in [1.82, 2.24) is 0 Å². The van der Waals surface area contributed by atoms with Crippen LogP contribution in [0.5, 0.6) is 0 Å². The molecule has 0 saturated heterocycles. The topological polar surface area (TPSA) is 12.4 Å². The Labute approximate surface area is 108 Å². The van der Waals surface area contributed by atoms with Crippen molar-refractivity contribution in [3.8, 4) is 0 Å². The third-order valence-corrected chi connectivity index (χ3v) is 4.29. The van der Waals surface area contributed by atoms with E-state index in [0.29, 0.717) is 0 Å². The van der Waals surface area contributed by atoms with Gasteiger partial charge in [0.25, 0.3) is 0 Å². The molecule has 2 unspecified atom stereocenters. The van der Waals surface area contributed by atoms with Gasteiger partial charge in [-0.1, -0.05) is 45.1 Å². The van der Waals surface area contributed by atoms with Gasteiger partial charge in [0.15, 0.2) is 0 Å². The molecule has 0 fully saturated rings. The molecule has 0 aliphatic carbocycles. The van der Waals surface area contributed by atoms with Gasteiger partial charge in [-0.15, -0.1) is 0 Å². The minimum Gasteiger partial charge on any atom is -0.287 e. The second-order valence-electron chi connectivity index (χ2n) is 5.46. The first-order chi connectivity index (χ1) is 7.77. The molecule has 0 amide bonds. The van der Waals surface area contributed by atoms with E-state index in [0.717, 1.165) is 18.6 Å². The fourth-order valence-corrected chi connectivity index (χ4v) is 2.53. The molecular weight excluding hydrogens is 206 g/mol. The fourth-order valence-electron chi connectivity index (χ4n) is 2.53. The highest BCUT2D eigenvalue weighted by Gasteiger charge is 2.42. The normalized spacial score (nSPS) is 19.1. The predicted octanol–water partition coefficient (Wildman–Crippen LogP) is 5.18. The maximum atomic E-state index is 4.92. The minimum atomic E-state index is -0.0375. The quantitative estimate of drug-likeness (QED) is 0.444. The van der Waals surface area contributed by atoms with Crippen molar-refractivity contribution < 1.29 is 0 Å². The molecule has 2 atom stereocenters. The lowest BCUT2D eigenvalue weighted by Crippen LogP contribution is -2.43. The van der Waals surface area contributed by atoms with Gasteiger partial charge < -0.3 is 0 Å². The molecule has 0 aliphatic heterocycles. The molecule has 0 radical (unpaired) electrons. The summed E-state index contributed by atoms with van der Waals surface area (Å²) in [7, 11) is 0. The van der Waals surface area contributed by atoms with Crippen LogP contribution < -0.4 is 0 Å². The van der Waals surface area contributed by atoms with Gasteiger partial charge in [0.2, 0.25) is 0 Å². The molecule has 0 saturated carbocycles. The van der Waals surface area contributed by atoms with Gasteiger partial charge in [-0.2, -0.15) is 0 Å². The molecule has 0 aromatic carbocycles. The first kappa shape index (κ1) is 16.1. The third-order valence-electron chi connectivity index (χ3n) is 4.29. The zero-order chi connectivity index (χ0) is 13.7. The maximum Gasteiger partial charge on any atom is 0.0666 e. The van der Waals surface area contributed by atoms with Crippen molar-refractivity contribution in [3.63, 3.8) is 0 Å². The van der Waals surface area contributed by atoms with Crippen LogP contribution in [0.2, 0.25) is 0 Å². The summed E-state index contributed by atoms with van der Waals surface area (Å²) in [4.78, 5) is 4.92. The molecule has 0 aromatic rings. The summed E-state index contributed by atoms with van der Waals surface area (Å²) in [6, 6.07) is 0. The van der Waals surface area contributed by atoms with Gasteiger partial charge in [0.05, 0.1) is 5.54 Å². The molecule has 0 bridgehead atoms. The van der Waals surface area contributed by atoms with Gasteiger partial charge in [-0.3, -0.25) is 4.99 Å². The first-order valence-corrected chi connectivity index (χ1v) is 6.60. The van der Waals surface area contributed by atoms with Crippen LogP contribution in [0.1, 0.15) is 61.3 Å². The van der Waals surface area contributed by atoms with Crippen molar-refractivity contribution >= 4 is 5.71 Å². The highest BCUT2D eigenvalue weighted by atomic mass is 14.9. The molecule has 0 aliphatic rings. The molecule has 1 nitrogen and oxygen atoms in total. The van der Waals surface area contributed by atoms with E-state index < -0.39 is 0 Å². The van der Waals surface area contributed by atoms with E-state index in [1.54, 1.807) is 0 Å². The molecule has 17 heavy (non-hydrogen) atoms. The van der Waals surface area contributed by atoms with Gasteiger partial charge in [-0.05, 0) is 40.5 Å². The van der Waals surface area contributed by atoms with Crippen molar-refractivity contribution in [3.05, 3.63) is 24.3 Å². The summed E-state index contributed by atoms with van der Waals surface area (Å²) in [5, 5.41) is 0. The largest absolute Gasteiger partial charge is 0.287 e.